The van der Waals surface area contributed by atoms with Gasteiger partial charge in [0, 0.05) is 19.3 Å². The fraction of sp³-hybridized carbons (Fsp3) is 0.707. The van der Waals surface area contributed by atoms with E-state index in [9.17, 15) is 43.5 Å². The SMILES string of the molecule is CC/C=C\C/C=C\C/C=C\C/C=C\C/C=C\CCCCCCCCCC(=O)OC(COC(=O)CCCCCCCCCCC/C=C\C/C=C\C/C=C\C/C=C\CCCCC)COP(=O)(O)OCC(O)COP(=O)(O)OCC(O)COC(=O)CCCCCCCCCCCCCCCCCCC/C=C\C/C=C\C/C=C\C/C=C\CCCCC. The van der Waals surface area contributed by atoms with Gasteiger partial charge in [0.25, 0.3) is 0 Å². The number of unbranched alkanes of at least 4 members (excludes halogenated alkanes) is 39. The molecule has 16 nitrogen and oxygen atoms in total. The number of ether oxygens (including phenoxy) is 3. The predicted molar refractivity (Wildman–Crippen MR) is 491 cm³/mol. The average molecular weight is 1680 g/mol. The van der Waals surface area contributed by atoms with Gasteiger partial charge in [0.15, 0.2) is 6.10 Å². The molecule has 0 radical (unpaired) electrons. The van der Waals surface area contributed by atoms with Gasteiger partial charge in [-0.05, 0) is 154 Å². The summed E-state index contributed by atoms with van der Waals surface area (Å²) in [6, 6.07) is 0. The quantitative estimate of drug-likeness (QED) is 0.0146. The molecule has 0 aromatic rings. The fourth-order valence-electron chi connectivity index (χ4n) is 12.6. The molecule has 672 valence electrons. The van der Waals surface area contributed by atoms with Crippen LogP contribution in [-0.2, 0) is 55.8 Å². The first-order valence-electron chi connectivity index (χ1n) is 46.8. The number of rotatable bonds is 88. The number of carbonyl (C=O) groups excluding carboxylic acids is 3. The molecular weight excluding hydrogens is 1510 g/mol. The highest BCUT2D eigenvalue weighted by Gasteiger charge is 2.29. The van der Waals surface area contributed by atoms with Crippen LogP contribution in [0.25, 0.3) is 0 Å². The van der Waals surface area contributed by atoms with Gasteiger partial charge < -0.3 is 34.2 Å². The number of phosphoric acid groups is 2. The van der Waals surface area contributed by atoms with Crippen LogP contribution in [-0.4, -0.2) is 95.9 Å². The van der Waals surface area contributed by atoms with Crippen molar-refractivity contribution in [1.82, 2.24) is 0 Å². The molecule has 0 fully saturated rings. The van der Waals surface area contributed by atoms with Gasteiger partial charge in [-0.2, -0.15) is 0 Å². The van der Waals surface area contributed by atoms with E-state index >= 15 is 0 Å². The van der Waals surface area contributed by atoms with Crippen molar-refractivity contribution < 1.29 is 75.8 Å². The minimum absolute atomic E-state index is 0.0860. The molecule has 0 saturated heterocycles. The summed E-state index contributed by atoms with van der Waals surface area (Å²) in [6.07, 6.45) is 116. The second-order valence-electron chi connectivity index (χ2n) is 31.1. The maximum Gasteiger partial charge on any atom is 0.472 e. The Kier molecular flexibility index (Phi) is 86.7. The van der Waals surface area contributed by atoms with E-state index in [1.165, 1.54) is 167 Å². The molecule has 0 heterocycles. The van der Waals surface area contributed by atoms with Gasteiger partial charge in [0.05, 0.1) is 26.4 Å². The highest BCUT2D eigenvalue weighted by molar-refractivity contribution is 7.47. The predicted octanol–water partition coefficient (Wildman–Crippen LogP) is 28.9. The van der Waals surface area contributed by atoms with E-state index in [-0.39, 0.29) is 19.3 Å². The topological polar surface area (TPSA) is 231 Å². The van der Waals surface area contributed by atoms with Gasteiger partial charge in [0.2, 0.25) is 0 Å². The van der Waals surface area contributed by atoms with Gasteiger partial charge >= 0.3 is 33.6 Å². The lowest BCUT2D eigenvalue weighted by Crippen LogP contribution is -2.30. The van der Waals surface area contributed by atoms with Crippen molar-refractivity contribution in [2.24, 2.45) is 0 Å². The van der Waals surface area contributed by atoms with Crippen molar-refractivity contribution in [3.05, 3.63) is 158 Å². The second-order valence-corrected chi connectivity index (χ2v) is 34.0. The number of phosphoric ester groups is 2. The third-order valence-corrected chi connectivity index (χ3v) is 21.6. The first kappa shape index (κ1) is 112. The van der Waals surface area contributed by atoms with Crippen molar-refractivity contribution in [2.75, 3.05) is 39.6 Å². The molecule has 117 heavy (non-hydrogen) atoms. The zero-order valence-corrected chi connectivity index (χ0v) is 75.9. The van der Waals surface area contributed by atoms with Crippen molar-refractivity contribution in [2.45, 2.75) is 411 Å². The zero-order chi connectivity index (χ0) is 85.1. The lowest BCUT2D eigenvalue weighted by molar-refractivity contribution is -0.161. The van der Waals surface area contributed by atoms with Gasteiger partial charge in [-0.15, -0.1) is 0 Å². The summed E-state index contributed by atoms with van der Waals surface area (Å²) in [6.45, 7) is 2.54. The third-order valence-electron chi connectivity index (χ3n) is 19.7. The molecular formula is C99H170O16P2. The van der Waals surface area contributed by atoms with E-state index in [0.717, 1.165) is 167 Å². The van der Waals surface area contributed by atoms with Gasteiger partial charge in [-0.25, -0.2) is 9.13 Å². The Labute approximate surface area is 714 Å². The van der Waals surface area contributed by atoms with Gasteiger partial charge in [-0.3, -0.25) is 32.5 Å². The van der Waals surface area contributed by atoms with Crippen LogP contribution in [0.3, 0.4) is 0 Å². The largest absolute Gasteiger partial charge is 0.472 e. The van der Waals surface area contributed by atoms with Crippen LogP contribution in [0.2, 0.25) is 0 Å². The van der Waals surface area contributed by atoms with Crippen molar-refractivity contribution in [1.29, 1.82) is 0 Å². The molecule has 0 aliphatic rings. The number of hydrogen-bond acceptors (Lipinski definition) is 14. The molecule has 0 aromatic carbocycles. The Morgan fingerprint density at radius 2 is 0.453 bits per heavy atom. The van der Waals surface area contributed by atoms with Gasteiger partial charge in [0.1, 0.15) is 25.4 Å². The minimum Gasteiger partial charge on any atom is -0.463 e. The summed E-state index contributed by atoms with van der Waals surface area (Å²) in [5.74, 6) is -1.59. The van der Waals surface area contributed by atoms with E-state index < -0.39 is 91.5 Å². The molecule has 0 amide bonds. The first-order chi connectivity index (χ1) is 57.2. The van der Waals surface area contributed by atoms with Gasteiger partial charge in [-0.1, -0.05) is 378 Å². The Morgan fingerprint density at radius 1 is 0.248 bits per heavy atom. The number of hydrogen-bond donors (Lipinski definition) is 4. The maximum atomic E-state index is 13.1. The van der Waals surface area contributed by atoms with Crippen molar-refractivity contribution >= 4 is 33.6 Å². The second kappa shape index (κ2) is 90.4. The normalized spacial score (nSPS) is 14.5. The summed E-state index contributed by atoms with van der Waals surface area (Å²) in [4.78, 5) is 59.0. The third kappa shape index (κ3) is 91.7. The molecule has 4 N–H and O–H groups in total. The lowest BCUT2D eigenvalue weighted by atomic mass is 10.0. The molecule has 0 spiro atoms. The van der Waals surface area contributed by atoms with E-state index in [2.05, 4.69) is 179 Å². The standard InChI is InChI=1S/C99H170O16P2/c1-4-7-10-13-16-19-22-25-28-31-34-37-40-42-43-44-45-46-47-48-49-51-54-55-58-61-64-67-70-73-76-79-82-85-97(102)109-88-94(100)89-111-116(105,106)112-90-95(101)91-113-117(107,108)114-93-96(115-99(104)87-84-81-78-75-72-69-66-63-60-57-52-39-36-33-30-27-24-21-18-15-12-9-6-3)92-110-98(103)86-83-80-77-74-71-68-65-62-59-56-53-50-41-38-35-32-29-26-23-20-17-14-11-8-5-2/h9,12,16-21,25-30,34-39,42-43,50,53,57,60,94-96,100-101H,4-8,10-11,13-15,22-24,31-33,40-41,44-49,51-52,54-56,58-59,61-93H2,1-3H3,(H,105,106)(H,107,108)/b12-9-,19-16-,20-17-,21-18-,28-25-,29-26-,30-27-,37-34-,38-35-,39-36-,43-42-,53-50-,60-57-. The van der Waals surface area contributed by atoms with Crippen LogP contribution in [0.15, 0.2) is 158 Å². The molecule has 0 saturated carbocycles. The molecule has 0 aromatic heterocycles. The monoisotopic (exact) mass is 1680 g/mol. The van der Waals surface area contributed by atoms with E-state index in [1.807, 2.05) is 0 Å². The smallest absolute Gasteiger partial charge is 0.463 e. The summed E-state index contributed by atoms with van der Waals surface area (Å²) < 4.78 is 61.5. The minimum atomic E-state index is -4.95. The summed E-state index contributed by atoms with van der Waals surface area (Å²) in [5, 5.41) is 20.7. The van der Waals surface area contributed by atoms with Crippen molar-refractivity contribution in [3.8, 4) is 0 Å². The molecule has 5 atom stereocenters. The van der Waals surface area contributed by atoms with E-state index in [1.54, 1.807) is 0 Å². The lowest BCUT2D eigenvalue weighted by Gasteiger charge is -2.21. The number of carbonyl (C=O) groups is 3. The van der Waals surface area contributed by atoms with Crippen LogP contribution in [0.5, 0.6) is 0 Å². The summed E-state index contributed by atoms with van der Waals surface area (Å²) in [7, 11) is -9.82. The summed E-state index contributed by atoms with van der Waals surface area (Å²) in [5.41, 5.74) is 0. The molecule has 0 aliphatic carbocycles. The Hall–Kier alpha value is -4.83. The van der Waals surface area contributed by atoms with Crippen molar-refractivity contribution in [3.63, 3.8) is 0 Å². The molecule has 18 heteroatoms. The average Bonchev–Trinajstić information content (AvgIpc) is 0.890. The maximum absolute atomic E-state index is 13.1. The molecule has 0 rings (SSSR count). The van der Waals surface area contributed by atoms with E-state index in [4.69, 9.17) is 32.3 Å². The highest BCUT2D eigenvalue weighted by Crippen LogP contribution is 2.45. The number of aliphatic hydroxyl groups excluding tert-OH is 2. The van der Waals surface area contributed by atoms with Crippen LogP contribution in [0, 0.1) is 0 Å². The molecule has 5 unspecified atom stereocenters. The number of esters is 3. The van der Waals surface area contributed by atoms with Crippen LogP contribution in [0.4, 0.5) is 0 Å². The molecule has 0 bridgehead atoms. The number of aliphatic hydroxyl groups is 2. The Morgan fingerprint density at radius 3 is 0.718 bits per heavy atom. The Bertz CT molecular complexity index is 2760. The van der Waals surface area contributed by atoms with Crippen LogP contribution in [0.1, 0.15) is 393 Å². The number of allylic oxidation sites excluding steroid dienone is 26. The van der Waals surface area contributed by atoms with Crippen LogP contribution < -0.4 is 0 Å². The first-order valence-corrected chi connectivity index (χ1v) is 49.8. The molecule has 0 aliphatic heterocycles. The van der Waals surface area contributed by atoms with E-state index in [0.29, 0.717) is 19.3 Å². The zero-order valence-electron chi connectivity index (χ0n) is 74.1. The fourth-order valence-corrected chi connectivity index (χ4v) is 14.2. The Balaban J connectivity index is 4.58. The highest BCUT2D eigenvalue weighted by atomic mass is 31.2. The summed E-state index contributed by atoms with van der Waals surface area (Å²) >= 11 is 0. The van der Waals surface area contributed by atoms with Crippen LogP contribution >= 0.6 is 15.6 Å².